The van der Waals surface area contributed by atoms with Crippen LogP contribution in [0.25, 0.3) is 0 Å². The Morgan fingerprint density at radius 1 is 1.00 bits per heavy atom. The molecule has 2 aromatic rings. The molecular weight excluding hydrogens is 376 g/mol. The molecule has 0 aliphatic heterocycles. The molecule has 28 heavy (non-hydrogen) atoms. The molecule has 2 N–H and O–H groups in total. The van der Waals surface area contributed by atoms with Crippen molar-refractivity contribution in [2.45, 2.75) is 52.5 Å². The summed E-state index contributed by atoms with van der Waals surface area (Å²) in [6.07, 6.45) is 0. The van der Waals surface area contributed by atoms with Crippen molar-refractivity contribution in [2.24, 2.45) is 0 Å². The van der Waals surface area contributed by atoms with Crippen molar-refractivity contribution in [3.05, 3.63) is 52.6 Å². The number of amides is 1. The minimum atomic E-state index is -3.57. The Labute approximate surface area is 167 Å². The number of hydrogen-bond donors (Lipinski definition) is 2. The largest absolute Gasteiger partial charge is 0.483 e. The average molecular weight is 405 g/mol. The summed E-state index contributed by atoms with van der Waals surface area (Å²) in [5, 5.41) is 2.88. The number of rotatable bonds is 7. The summed E-state index contributed by atoms with van der Waals surface area (Å²) in [6.45, 7) is 11.0. The summed E-state index contributed by atoms with van der Waals surface area (Å²) in [4.78, 5) is 12.5. The van der Waals surface area contributed by atoms with E-state index in [0.717, 1.165) is 22.4 Å². The Bertz CT molecular complexity index is 959. The maximum atomic E-state index is 12.3. The number of aryl methyl sites for hydroxylation is 4. The van der Waals surface area contributed by atoms with Crippen LogP contribution in [0.5, 0.6) is 5.75 Å². The zero-order chi connectivity index (χ0) is 21.1. The first kappa shape index (κ1) is 21.9. The second-order valence-corrected chi connectivity index (χ2v) is 9.03. The Morgan fingerprint density at radius 3 is 2.14 bits per heavy atom. The van der Waals surface area contributed by atoms with Gasteiger partial charge in [0.15, 0.2) is 6.61 Å². The first-order chi connectivity index (χ1) is 13.0. The van der Waals surface area contributed by atoms with Gasteiger partial charge in [0.05, 0.1) is 4.90 Å². The highest BCUT2D eigenvalue weighted by Gasteiger charge is 2.17. The van der Waals surface area contributed by atoms with Gasteiger partial charge in [0.2, 0.25) is 10.0 Å². The molecule has 7 heteroatoms. The van der Waals surface area contributed by atoms with Crippen molar-refractivity contribution in [2.75, 3.05) is 11.9 Å². The van der Waals surface area contributed by atoms with Crippen LogP contribution in [0.3, 0.4) is 0 Å². The third kappa shape index (κ3) is 5.56. The molecule has 6 nitrogen and oxygen atoms in total. The van der Waals surface area contributed by atoms with Crippen LogP contribution in [-0.2, 0) is 14.8 Å². The number of benzene rings is 2. The molecule has 0 aliphatic carbocycles. The molecule has 0 saturated heterocycles. The van der Waals surface area contributed by atoms with Crippen molar-refractivity contribution >= 4 is 21.6 Å². The van der Waals surface area contributed by atoms with E-state index in [1.807, 2.05) is 32.9 Å². The first-order valence-electron chi connectivity index (χ1n) is 9.13. The number of ether oxygens (including phenoxy) is 1. The van der Waals surface area contributed by atoms with Gasteiger partial charge in [0, 0.05) is 11.7 Å². The number of nitrogens with one attached hydrogen (secondary N) is 2. The molecule has 2 aromatic carbocycles. The van der Waals surface area contributed by atoms with Crippen LogP contribution in [0.4, 0.5) is 5.69 Å². The maximum Gasteiger partial charge on any atom is 0.262 e. The van der Waals surface area contributed by atoms with Crippen molar-refractivity contribution in [1.82, 2.24) is 4.72 Å². The Morgan fingerprint density at radius 2 is 1.61 bits per heavy atom. The van der Waals surface area contributed by atoms with Crippen LogP contribution in [0, 0.1) is 27.7 Å². The van der Waals surface area contributed by atoms with E-state index < -0.39 is 10.0 Å². The van der Waals surface area contributed by atoms with E-state index in [0.29, 0.717) is 11.3 Å². The fourth-order valence-electron chi connectivity index (χ4n) is 3.03. The lowest BCUT2D eigenvalue weighted by Crippen LogP contribution is -2.30. The summed E-state index contributed by atoms with van der Waals surface area (Å²) >= 11 is 0. The molecule has 0 radical (unpaired) electrons. The predicted molar refractivity (Wildman–Crippen MR) is 111 cm³/mol. The molecule has 0 bridgehead atoms. The topological polar surface area (TPSA) is 84.5 Å². The van der Waals surface area contributed by atoms with Crippen LogP contribution in [0.1, 0.15) is 36.1 Å². The molecular formula is C21H28N2O4S. The highest BCUT2D eigenvalue weighted by Crippen LogP contribution is 2.23. The highest BCUT2D eigenvalue weighted by molar-refractivity contribution is 7.89. The van der Waals surface area contributed by atoms with E-state index >= 15 is 0 Å². The van der Waals surface area contributed by atoms with E-state index in [1.165, 1.54) is 12.1 Å². The fourth-order valence-corrected chi connectivity index (χ4v) is 4.36. The molecule has 0 fully saturated rings. The van der Waals surface area contributed by atoms with Gasteiger partial charge >= 0.3 is 0 Å². The molecule has 0 unspecified atom stereocenters. The summed E-state index contributed by atoms with van der Waals surface area (Å²) in [5.74, 6) is 0.198. The van der Waals surface area contributed by atoms with E-state index in [1.54, 1.807) is 26.8 Å². The van der Waals surface area contributed by atoms with E-state index in [2.05, 4.69) is 10.0 Å². The summed E-state index contributed by atoms with van der Waals surface area (Å²) in [7, 11) is -3.57. The molecule has 0 saturated carbocycles. The predicted octanol–water partition coefficient (Wildman–Crippen LogP) is 3.62. The lowest BCUT2D eigenvalue weighted by molar-refractivity contribution is -0.118. The number of carbonyl (C=O) groups is 1. The number of hydrogen-bond acceptors (Lipinski definition) is 4. The third-order valence-corrected chi connectivity index (χ3v) is 5.80. The quantitative estimate of drug-likeness (QED) is 0.738. The number of sulfonamides is 1. The number of carbonyl (C=O) groups excluding carboxylic acids is 1. The summed E-state index contributed by atoms with van der Waals surface area (Å²) < 4.78 is 32.6. The lowest BCUT2D eigenvalue weighted by atomic mass is 10.1. The molecule has 0 aromatic heterocycles. The van der Waals surface area contributed by atoms with Gasteiger partial charge in [-0.15, -0.1) is 0 Å². The van der Waals surface area contributed by atoms with Crippen molar-refractivity contribution < 1.29 is 17.9 Å². The van der Waals surface area contributed by atoms with Gasteiger partial charge in [-0.2, -0.15) is 0 Å². The zero-order valence-electron chi connectivity index (χ0n) is 17.2. The lowest BCUT2D eigenvalue weighted by Gasteiger charge is -2.15. The van der Waals surface area contributed by atoms with Crippen molar-refractivity contribution in [3.63, 3.8) is 0 Å². The maximum absolute atomic E-state index is 12.3. The van der Waals surface area contributed by atoms with Gasteiger partial charge in [-0.05, 0) is 76.4 Å². The Hall–Kier alpha value is -2.38. The molecule has 0 spiro atoms. The van der Waals surface area contributed by atoms with Crippen LogP contribution in [-0.4, -0.2) is 27.0 Å². The molecule has 0 heterocycles. The van der Waals surface area contributed by atoms with E-state index in [-0.39, 0.29) is 23.5 Å². The average Bonchev–Trinajstić information content (AvgIpc) is 2.55. The first-order valence-corrected chi connectivity index (χ1v) is 10.6. The monoisotopic (exact) mass is 404 g/mol. The van der Waals surface area contributed by atoms with Gasteiger partial charge in [-0.1, -0.05) is 17.7 Å². The van der Waals surface area contributed by atoms with Gasteiger partial charge in [0.25, 0.3) is 5.91 Å². The van der Waals surface area contributed by atoms with E-state index in [9.17, 15) is 13.2 Å². The molecule has 2 rings (SSSR count). The highest BCUT2D eigenvalue weighted by atomic mass is 32.2. The van der Waals surface area contributed by atoms with Gasteiger partial charge in [-0.25, -0.2) is 13.1 Å². The van der Waals surface area contributed by atoms with Crippen molar-refractivity contribution in [1.29, 1.82) is 0 Å². The van der Waals surface area contributed by atoms with Crippen LogP contribution in [0.2, 0.25) is 0 Å². The van der Waals surface area contributed by atoms with Crippen LogP contribution >= 0.6 is 0 Å². The zero-order valence-corrected chi connectivity index (χ0v) is 18.0. The summed E-state index contributed by atoms with van der Waals surface area (Å²) in [6, 6.07) is 8.40. The van der Waals surface area contributed by atoms with Crippen LogP contribution in [0.15, 0.2) is 35.2 Å². The van der Waals surface area contributed by atoms with Gasteiger partial charge < -0.3 is 10.1 Å². The Balaban J connectivity index is 2.06. The minimum Gasteiger partial charge on any atom is -0.483 e. The second-order valence-electron chi connectivity index (χ2n) is 7.31. The second kappa shape index (κ2) is 8.75. The minimum absolute atomic E-state index is 0.163. The number of anilines is 1. The standard InChI is InChI=1S/C21H28N2O4S/c1-13(2)23-28(25,26)18-7-8-19(15(4)11-18)27-12-20(24)22-21-16(5)9-14(3)10-17(21)6/h7-11,13,23H,12H2,1-6H3,(H,22,24). The summed E-state index contributed by atoms with van der Waals surface area (Å²) in [5.41, 5.74) is 4.56. The molecule has 152 valence electrons. The van der Waals surface area contributed by atoms with E-state index in [4.69, 9.17) is 4.74 Å². The SMILES string of the molecule is Cc1cc(C)c(NC(=O)COc2ccc(S(=O)(=O)NC(C)C)cc2C)c(C)c1. The normalized spacial score (nSPS) is 11.5. The van der Waals surface area contributed by atoms with Gasteiger partial charge in [0.1, 0.15) is 5.75 Å². The molecule has 1 amide bonds. The van der Waals surface area contributed by atoms with Crippen molar-refractivity contribution in [3.8, 4) is 5.75 Å². The Kier molecular flexibility index (Phi) is 6.85. The molecule has 0 aliphatic rings. The molecule has 0 atom stereocenters. The smallest absolute Gasteiger partial charge is 0.262 e. The van der Waals surface area contributed by atoms with Crippen LogP contribution < -0.4 is 14.8 Å². The van der Waals surface area contributed by atoms with Gasteiger partial charge in [-0.3, -0.25) is 4.79 Å². The third-order valence-electron chi connectivity index (χ3n) is 4.15. The fraction of sp³-hybridized carbons (Fsp3) is 0.381.